The van der Waals surface area contributed by atoms with E-state index < -0.39 is 6.61 Å². The van der Waals surface area contributed by atoms with Crippen LogP contribution in [0.1, 0.15) is 35.7 Å². The van der Waals surface area contributed by atoms with Gasteiger partial charge in [-0.05, 0) is 48.4 Å². The van der Waals surface area contributed by atoms with Crippen LogP contribution in [0.5, 0.6) is 11.5 Å². The van der Waals surface area contributed by atoms with Gasteiger partial charge in [-0.3, -0.25) is 4.79 Å². The van der Waals surface area contributed by atoms with Crippen molar-refractivity contribution < 1.29 is 23.0 Å². The minimum absolute atomic E-state index is 0.0460. The highest BCUT2D eigenvalue weighted by Crippen LogP contribution is 2.29. The molecule has 152 valence electrons. The molecule has 1 amide bonds. The summed E-state index contributed by atoms with van der Waals surface area (Å²) >= 11 is 0. The number of benzene rings is 2. The lowest BCUT2D eigenvalue weighted by Crippen LogP contribution is -2.23. The maximum absolute atomic E-state index is 12.4. The van der Waals surface area contributed by atoms with E-state index >= 15 is 0 Å². The number of nitrogens with one attached hydrogen (secondary N) is 1. The van der Waals surface area contributed by atoms with Crippen molar-refractivity contribution in [2.24, 2.45) is 0 Å². The zero-order chi connectivity index (χ0) is 20.5. The zero-order valence-electron chi connectivity index (χ0n) is 16.4. The molecular weight excluding hydrogens is 366 g/mol. The Labute approximate surface area is 164 Å². The van der Waals surface area contributed by atoms with Crippen molar-refractivity contribution in [3.8, 4) is 11.5 Å². The average Bonchev–Trinajstić information content (AvgIpc) is 2.70. The van der Waals surface area contributed by atoms with Crippen LogP contribution in [0.25, 0.3) is 0 Å². The van der Waals surface area contributed by atoms with Gasteiger partial charge >= 0.3 is 6.61 Å². The molecule has 1 N–H and O–H groups in total. The summed E-state index contributed by atoms with van der Waals surface area (Å²) in [5, 5.41) is 2.81. The number of hydrogen-bond acceptors (Lipinski definition) is 4. The van der Waals surface area contributed by atoms with Gasteiger partial charge in [0.25, 0.3) is 5.91 Å². The number of amides is 1. The molecule has 5 nitrogen and oxygen atoms in total. The van der Waals surface area contributed by atoms with E-state index in [-0.39, 0.29) is 24.0 Å². The average molecular weight is 392 g/mol. The van der Waals surface area contributed by atoms with E-state index in [9.17, 15) is 13.6 Å². The Hall–Kier alpha value is -2.83. The summed E-state index contributed by atoms with van der Waals surface area (Å²) in [5.41, 5.74) is 2.32. The van der Waals surface area contributed by atoms with Crippen LogP contribution in [-0.4, -0.2) is 33.2 Å². The fourth-order valence-corrected chi connectivity index (χ4v) is 2.69. The lowest BCUT2D eigenvalue weighted by Gasteiger charge is -2.19. The van der Waals surface area contributed by atoms with Gasteiger partial charge in [0.2, 0.25) is 0 Å². The minimum atomic E-state index is -2.93. The lowest BCUT2D eigenvalue weighted by molar-refractivity contribution is -0.0512. The fourth-order valence-electron chi connectivity index (χ4n) is 2.69. The molecule has 0 saturated carbocycles. The number of ether oxygens (including phenoxy) is 2. The van der Waals surface area contributed by atoms with Crippen molar-refractivity contribution in [2.75, 3.05) is 25.6 Å². The molecule has 0 aromatic heterocycles. The van der Waals surface area contributed by atoms with Gasteiger partial charge in [0.15, 0.2) is 11.5 Å². The molecule has 0 spiro atoms. The molecule has 2 aromatic carbocycles. The number of unbranched alkanes of at least 4 members (excludes halogenated alkanes) is 1. The second-order valence-electron chi connectivity index (χ2n) is 6.37. The number of nitrogens with zero attached hydrogens (tertiary/aromatic N) is 1. The van der Waals surface area contributed by atoms with Gasteiger partial charge in [0, 0.05) is 31.4 Å². The summed E-state index contributed by atoms with van der Waals surface area (Å²) in [6, 6.07) is 12.0. The number of anilines is 1. The summed E-state index contributed by atoms with van der Waals surface area (Å²) in [6.45, 7) is 0.427. The summed E-state index contributed by atoms with van der Waals surface area (Å²) in [5.74, 6) is -0.0727. The molecule has 0 saturated heterocycles. The summed E-state index contributed by atoms with van der Waals surface area (Å²) in [6.07, 6.45) is 2.24. The molecule has 0 radical (unpaired) electrons. The number of rotatable bonds is 10. The molecule has 2 rings (SSSR count). The van der Waals surface area contributed by atoms with Gasteiger partial charge in [-0.1, -0.05) is 19.4 Å². The summed E-state index contributed by atoms with van der Waals surface area (Å²) in [4.78, 5) is 14.5. The van der Waals surface area contributed by atoms with Crippen LogP contribution in [0.2, 0.25) is 0 Å². The molecule has 0 bridgehead atoms. The Bertz CT molecular complexity index is 767. The van der Waals surface area contributed by atoms with Crippen molar-refractivity contribution in [2.45, 2.75) is 32.9 Å². The maximum atomic E-state index is 12.4. The van der Waals surface area contributed by atoms with Crippen LogP contribution in [0.15, 0.2) is 42.5 Å². The quantitative estimate of drug-likeness (QED) is 0.649. The van der Waals surface area contributed by atoms with E-state index in [0.717, 1.165) is 25.1 Å². The standard InChI is InChI=1S/C21H26F2N2O3/c1-4-5-12-25(2)17-9-7-16(8-10-17)20(26)24-14-15-6-11-18(28-21(22)23)19(13-15)27-3/h6-11,13,21H,4-5,12,14H2,1-3H3,(H,24,26). The highest BCUT2D eigenvalue weighted by Gasteiger charge is 2.12. The fraction of sp³-hybridized carbons (Fsp3) is 0.381. The maximum Gasteiger partial charge on any atom is 0.387 e. The number of carbonyl (C=O) groups excluding carboxylic acids is 1. The van der Waals surface area contributed by atoms with Crippen molar-refractivity contribution in [3.63, 3.8) is 0 Å². The molecule has 0 atom stereocenters. The SMILES string of the molecule is CCCCN(C)c1ccc(C(=O)NCc2ccc(OC(F)F)c(OC)c2)cc1. The van der Waals surface area contributed by atoms with E-state index in [4.69, 9.17) is 4.74 Å². The number of alkyl halides is 2. The van der Waals surface area contributed by atoms with Gasteiger partial charge in [-0.15, -0.1) is 0 Å². The highest BCUT2D eigenvalue weighted by atomic mass is 19.3. The first-order chi connectivity index (χ1) is 13.4. The second kappa shape index (κ2) is 10.5. The molecule has 7 heteroatoms. The Morgan fingerprint density at radius 3 is 2.46 bits per heavy atom. The van der Waals surface area contributed by atoms with E-state index in [2.05, 4.69) is 21.9 Å². The molecule has 28 heavy (non-hydrogen) atoms. The smallest absolute Gasteiger partial charge is 0.387 e. The first-order valence-electron chi connectivity index (χ1n) is 9.15. The highest BCUT2D eigenvalue weighted by molar-refractivity contribution is 5.94. The van der Waals surface area contributed by atoms with Crippen molar-refractivity contribution in [1.29, 1.82) is 0 Å². The van der Waals surface area contributed by atoms with E-state index in [1.165, 1.54) is 13.2 Å². The number of hydrogen-bond donors (Lipinski definition) is 1. The van der Waals surface area contributed by atoms with Gasteiger partial charge in [-0.2, -0.15) is 8.78 Å². The van der Waals surface area contributed by atoms with Crippen LogP contribution >= 0.6 is 0 Å². The van der Waals surface area contributed by atoms with Gasteiger partial charge in [0.1, 0.15) is 0 Å². The molecule has 0 aliphatic rings. The third-order valence-electron chi connectivity index (χ3n) is 4.31. The Morgan fingerprint density at radius 1 is 1.14 bits per heavy atom. The number of methoxy groups -OCH3 is 1. The van der Waals surface area contributed by atoms with Crippen LogP contribution < -0.4 is 19.7 Å². The van der Waals surface area contributed by atoms with Crippen LogP contribution in [0.4, 0.5) is 14.5 Å². The lowest BCUT2D eigenvalue weighted by atomic mass is 10.1. The zero-order valence-corrected chi connectivity index (χ0v) is 16.4. The molecule has 0 fully saturated rings. The van der Waals surface area contributed by atoms with Crippen molar-refractivity contribution >= 4 is 11.6 Å². The third-order valence-corrected chi connectivity index (χ3v) is 4.31. The number of halogens is 2. The number of carbonyl (C=O) groups is 1. The van der Waals surface area contributed by atoms with E-state index in [0.29, 0.717) is 11.1 Å². The molecule has 0 heterocycles. The Morgan fingerprint density at radius 2 is 1.86 bits per heavy atom. The predicted molar refractivity (Wildman–Crippen MR) is 105 cm³/mol. The normalized spacial score (nSPS) is 10.6. The molecule has 0 aliphatic carbocycles. The molecule has 2 aromatic rings. The van der Waals surface area contributed by atoms with Crippen LogP contribution in [0, 0.1) is 0 Å². The van der Waals surface area contributed by atoms with Crippen molar-refractivity contribution in [1.82, 2.24) is 5.32 Å². The second-order valence-corrected chi connectivity index (χ2v) is 6.37. The molecular formula is C21H26F2N2O3. The first kappa shape index (κ1) is 21.5. The molecule has 0 aliphatic heterocycles. The largest absolute Gasteiger partial charge is 0.493 e. The predicted octanol–water partition coefficient (Wildman–Crippen LogP) is 4.46. The van der Waals surface area contributed by atoms with Gasteiger partial charge in [-0.25, -0.2) is 0 Å². The minimum Gasteiger partial charge on any atom is -0.493 e. The van der Waals surface area contributed by atoms with Gasteiger partial charge in [0.05, 0.1) is 7.11 Å². The van der Waals surface area contributed by atoms with Crippen LogP contribution in [-0.2, 0) is 6.54 Å². The monoisotopic (exact) mass is 392 g/mol. The summed E-state index contributed by atoms with van der Waals surface area (Å²) in [7, 11) is 3.40. The van der Waals surface area contributed by atoms with E-state index in [1.54, 1.807) is 24.3 Å². The third kappa shape index (κ3) is 6.11. The van der Waals surface area contributed by atoms with Crippen LogP contribution in [0.3, 0.4) is 0 Å². The topological polar surface area (TPSA) is 50.8 Å². The molecule has 0 unspecified atom stereocenters. The Kier molecular flexibility index (Phi) is 8.04. The Balaban J connectivity index is 1.96. The van der Waals surface area contributed by atoms with E-state index in [1.807, 2.05) is 19.2 Å². The van der Waals surface area contributed by atoms with Crippen molar-refractivity contribution in [3.05, 3.63) is 53.6 Å². The van der Waals surface area contributed by atoms with Gasteiger partial charge < -0.3 is 19.7 Å². The first-order valence-corrected chi connectivity index (χ1v) is 9.15. The summed E-state index contributed by atoms with van der Waals surface area (Å²) < 4.78 is 34.2.